The average molecular weight is 533 g/mol. The van der Waals surface area contributed by atoms with Gasteiger partial charge in [-0.25, -0.2) is 12.7 Å². The SMILES string of the molecule is CON(C)CCS(=O)(=O)N1CCC(NC(=O)c2n[nH]cc2NC(=O)c2c(Cl)cccc2Cl)CC1. The van der Waals surface area contributed by atoms with Crippen LogP contribution in [0.1, 0.15) is 33.7 Å². The number of aromatic amines is 1. The molecule has 1 aromatic heterocycles. The molecule has 0 spiro atoms. The van der Waals surface area contributed by atoms with Gasteiger partial charge in [0, 0.05) is 38.9 Å². The van der Waals surface area contributed by atoms with Crippen molar-refractivity contribution in [1.29, 1.82) is 0 Å². The van der Waals surface area contributed by atoms with Crippen LogP contribution in [0.15, 0.2) is 24.4 Å². The molecule has 186 valence electrons. The van der Waals surface area contributed by atoms with Gasteiger partial charge in [0.25, 0.3) is 11.8 Å². The van der Waals surface area contributed by atoms with Crippen molar-refractivity contribution < 1.29 is 22.8 Å². The highest BCUT2D eigenvalue weighted by molar-refractivity contribution is 7.89. The van der Waals surface area contributed by atoms with Crippen molar-refractivity contribution in [2.24, 2.45) is 0 Å². The lowest BCUT2D eigenvalue weighted by atomic mass is 10.1. The second-order valence-corrected chi connectivity index (χ2v) is 10.6. The van der Waals surface area contributed by atoms with Crippen LogP contribution in [-0.4, -0.2) is 85.4 Å². The molecule has 0 atom stereocenters. The molecule has 0 unspecified atom stereocenters. The summed E-state index contributed by atoms with van der Waals surface area (Å²) in [5, 5.41) is 13.8. The summed E-state index contributed by atoms with van der Waals surface area (Å²) < 4.78 is 26.5. The van der Waals surface area contributed by atoms with Crippen LogP contribution in [-0.2, 0) is 14.9 Å². The quantitative estimate of drug-likeness (QED) is 0.420. The molecule has 11 nitrogen and oxygen atoms in total. The highest BCUT2D eigenvalue weighted by Crippen LogP contribution is 2.26. The zero-order chi connectivity index (χ0) is 24.9. The molecule has 2 aromatic rings. The van der Waals surface area contributed by atoms with Crippen LogP contribution < -0.4 is 10.6 Å². The van der Waals surface area contributed by atoms with E-state index < -0.39 is 21.8 Å². The second kappa shape index (κ2) is 11.5. The summed E-state index contributed by atoms with van der Waals surface area (Å²) in [6.45, 7) is 0.834. The summed E-state index contributed by atoms with van der Waals surface area (Å²) in [6, 6.07) is 4.45. The minimum atomic E-state index is -3.42. The Balaban J connectivity index is 1.57. The van der Waals surface area contributed by atoms with Gasteiger partial charge in [0.15, 0.2) is 5.69 Å². The fourth-order valence-electron chi connectivity index (χ4n) is 3.45. The minimum absolute atomic E-state index is 0.00539. The number of nitrogens with zero attached hydrogens (tertiary/aromatic N) is 3. The molecule has 0 radical (unpaired) electrons. The second-order valence-electron chi connectivity index (χ2n) is 7.70. The summed E-state index contributed by atoms with van der Waals surface area (Å²) in [6.07, 6.45) is 2.28. The number of aromatic nitrogens is 2. The Labute approximate surface area is 207 Å². The number of nitrogens with one attached hydrogen (secondary N) is 3. The molecule has 1 aliphatic heterocycles. The number of H-pyrrole nitrogens is 1. The Morgan fingerprint density at radius 1 is 1.24 bits per heavy atom. The lowest BCUT2D eigenvalue weighted by Gasteiger charge is -2.31. The van der Waals surface area contributed by atoms with Crippen LogP contribution >= 0.6 is 23.2 Å². The molecule has 1 aliphatic rings. The van der Waals surface area contributed by atoms with Gasteiger partial charge >= 0.3 is 0 Å². The fourth-order valence-corrected chi connectivity index (χ4v) is 5.54. The van der Waals surface area contributed by atoms with E-state index in [0.717, 1.165) is 0 Å². The number of piperidine rings is 1. The van der Waals surface area contributed by atoms with Crippen molar-refractivity contribution in [2.75, 3.05) is 44.9 Å². The number of hydrogen-bond acceptors (Lipinski definition) is 7. The van der Waals surface area contributed by atoms with E-state index in [9.17, 15) is 18.0 Å². The summed E-state index contributed by atoms with van der Waals surface area (Å²) >= 11 is 12.2. The van der Waals surface area contributed by atoms with Crippen LogP contribution in [0.4, 0.5) is 5.69 Å². The van der Waals surface area contributed by atoms with E-state index in [1.165, 1.54) is 34.8 Å². The molecule has 34 heavy (non-hydrogen) atoms. The van der Waals surface area contributed by atoms with Crippen molar-refractivity contribution in [2.45, 2.75) is 18.9 Å². The van der Waals surface area contributed by atoms with Gasteiger partial charge in [-0.1, -0.05) is 29.3 Å². The molecule has 3 rings (SSSR count). The maximum atomic E-state index is 12.8. The van der Waals surface area contributed by atoms with Crippen LogP contribution in [0.2, 0.25) is 10.0 Å². The van der Waals surface area contributed by atoms with Crippen molar-refractivity contribution in [1.82, 2.24) is 24.9 Å². The van der Waals surface area contributed by atoms with E-state index >= 15 is 0 Å². The smallest absolute Gasteiger partial charge is 0.274 e. The number of sulfonamides is 1. The first-order chi connectivity index (χ1) is 16.1. The predicted molar refractivity (Wildman–Crippen MR) is 128 cm³/mol. The number of benzene rings is 1. The molecule has 0 saturated carbocycles. The number of halogens is 2. The topological polar surface area (TPSA) is 137 Å². The Hall–Kier alpha value is -2.22. The van der Waals surface area contributed by atoms with E-state index in [-0.39, 0.29) is 45.3 Å². The molecule has 2 heterocycles. The number of rotatable bonds is 9. The minimum Gasteiger partial charge on any atom is -0.348 e. The van der Waals surface area contributed by atoms with E-state index in [0.29, 0.717) is 25.9 Å². The lowest BCUT2D eigenvalue weighted by molar-refractivity contribution is -0.104. The van der Waals surface area contributed by atoms with Gasteiger partial charge in [-0.2, -0.15) is 10.2 Å². The highest BCUT2D eigenvalue weighted by Gasteiger charge is 2.30. The maximum Gasteiger partial charge on any atom is 0.274 e. The van der Waals surface area contributed by atoms with Gasteiger partial charge in [0.1, 0.15) is 0 Å². The molecule has 3 N–H and O–H groups in total. The van der Waals surface area contributed by atoms with Gasteiger partial charge in [0.2, 0.25) is 10.0 Å². The number of amides is 2. The Bertz CT molecular complexity index is 1110. The van der Waals surface area contributed by atoms with Crippen molar-refractivity contribution in [3.63, 3.8) is 0 Å². The van der Waals surface area contributed by atoms with Crippen LogP contribution in [0.5, 0.6) is 0 Å². The van der Waals surface area contributed by atoms with Gasteiger partial charge < -0.3 is 15.5 Å². The molecular weight excluding hydrogens is 507 g/mol. The first kappa shape index (κ1) is 26.4. The standard InChI is InChI=1S/C20H26Cl2N6O5S/c1-27(33-2)10-11-34(31,32)28-8-6-13(7-9-28)24-20(30)18-16(12-23-26-18)25-19(29)17-14(21)4-3-5-15(17)22/h3-5,12-13H,6-11H2,1-2H3,(H,23,26)(H,24,30)(H,25,29). The fraction of sp³-hybridized carbons (Fsp3) is 0.450. The average Bonchev–Trinajstić information content (AvgIpc) is 3.26. The highest BCUT2D eigenvalue weighted by atomic mass is 35.5. The summed E-state index contributed by atoms with van der Waals surface area (Å²) in [4.78, 5) is 30.4. The van der Waals surface area contributed by atoms with Crippen LogP contribution in [0.3, 0.4) is 0 Å². The molecule has 0 aliphatic carbocycles. The number of carbonyl (C=O) groups excluding carboxylic acids is 2. The Morgan fingerprint density at radius 3 is 2.50 bits per heavy atom. The first-order valence-corrected chi connectivity index (χ1v) is 12.8. The van der Waals surface area contributed by atoms with Gasteiger partial charge in [-0.05, 0) is 25.0 Å². The monoisotopic (exact) mass is 532 g/mol. The van der Waals surface area contributed by atoms with E-state index in [1.54, 1.807) is 13.1 Å². The number of hydrogen-bond donors (Lipinski definition) is 3. The zero-order valence-corrected chi connectivity index (χ0v) is 21.0. The van der Waals surface area contributed by atoms with Crippen molar-refractivity contribution in [3.8, 4) is 0 Å². The number of hydroxylamine groups is 2. The third-order valence-corrected chi connectivity index (χ3v) is 7.93. The van der Waals surface area contributed by atoms with Crippen molar-refractivity contribution in [3.05, 3.63) is 45.7 Å². The largest absolute Gasteiger partial charge is 0.348 e. The number of anilines is 1. The maximum absolute atomic E-state index is 12.8. The molecule has 0 bridgehead atoms. The Morgan fingerprint density at radius 2 is 1.88 bits per heavy atom. The van der Waals surface area contributed by atoms with Gasteiger partial charge in [0.05, 0.1) is 34.2 Å². The first-order valence-electron chi connectivity index (χ1n) is 10.5. The molecule has 1 fully saturated rings. The van der Waals surface area contributed by atoms with Gasteiger partial charge in [-0.15, -0.1) is 0 Å². The molecular formula is C20H26Cl2N6O5S. The normalized spacial score (nSPS) is 15.4. The summed E-state index contributed by atoms with van der Waals surface area (Å²) in [7, 11) is -0.291. The molecule has 2 amide bonds. The summed E-state index contributed by atoms with van der Waals surface area (Å²) in [5.74, 6) is -1.13. The van der Waals surface area contributed by atoms with Gasteiger partial charge in [-0.3, -0.25) is 14.7 Å². The lowest BCUT2D eigenvalue weighted by Crippen LogP contribution is -2.47. The zero-order valence-electron chi connectivity index (χ0n) is 18.7. The number of carbonyl (C=O) groups is 2. The van der Waals surface area contributed by atoms with E-state index in [2.05, 4.69) is 20.8 Å². The van der Waals surface area contributed by atoms with Crippen LogP contribution in [0, 0.1) is 0 Å². The third kappa shape index (κ3) is 6.46. The Kier molecular flexibility index (Phi) is 8.90. The van der Waals surface area contributed by atoms with E-state index in [1.807, 2.05) is 0 Å². The predicted octanol–water partition coefficient (Wildman–Crippen LogP) is 1.99. The van der Waals surface area contributed by atoms with E-state index in [4.69, 9.17) is 28.0 Å². The molecule has 14 heteroatoms. The molecule has 1 saturated heterocycles. The molecule has 1 aromatic carbocycles. The van der Waals surface area contributed by atoms with Crippen molar-refractivity contribution >= 4 is 50.7 Å². The van der Waals surface area contributed by atoms with Crippen LogP contribution in [0.25, 0.3) is 0 Å². The summed E-state index contributed by atoms with van der Waals surface area (Å²) in [5.41, 5.74) is 0.249. The third-order valence-electron chi connectivity index (χ3n) is 5.45.